The van der Waals surface area contributed by atoms with Gasteiger partial charge in [0.1, 0.15) is 0 Å². The summed E-state index contributed by atoms with van der Waals surface area (Å²) in [4.78, 5) is 1.23. The maximum absolute atomic E-state index is 8.86. The van der Waals surface area contributed by atoms with E-state index in [2.05, 4.69) is 38.1 Å². The molecule has 0 saturated heterocycles. The van der Waals surface area contributed by atoms with Gasteiger partial charge in [0.25, 0.3) is 0 Å². The zero-order valence-corrected chi connectivity index (χ0v) is 9.69. The summed E-state index contributed by atoms with van der Waals surface area (Å²) in [6, 6.07) is 8.67. The van der Waals surface area contributed by atoms with Crippen LogP contribution in [0.3, 0.4) is 0 Å². The van der Waals surface area contributed by atoms with Crippen LogP contribution >= 0.6 is 11.8 Å². The Morgan fingerprint density at radius 1 is 1.43 bits per heavy atom. The van der Waals surface area contributed by atoms with Crippen molar-refractivity contribution in [3.8, 4) is 6.07 Å². The maximum Gasteiger partial charge on any atom is 0.0961 e. The van der Waals surface area contributed by atoms with Crippen molar-refractivity contribution in [2.75, 3.05) is 0 Å². The van der Waals surface area contributed by atoms with E-state index in [0.717, 1.165) is 6.42 Å². The molecule has 1 aromatic rings. The van der Waals surface area contributed by atoms with E-state index in [9.17, 15) is 0 Å². The molecule has 0 bridgehead atoms. The van der Waals surface area contributed by atoms with E-state index in [1.54, 1.807) is 11.8 Å². The molecule has 0 aromatic heterocycles. The minimum atomic E-state index is 0.0800. The lowest BCUT2D eigenvalue weighted by Gasteiger charge is -2.09. The Hall–Kier alpha value is -0.940. The van der Waals surface area contributed by atoms with Crippen LogP contribution in [0, 0.1) is 25.2 Å². The van der Waals surface area contributed by atoms with Crippen molar-refractivity contribution >= 4 is 11.8 Å². The summed E-state index contributed by atoms with van der Waals surface area (Å²) in [5, 5.41) is 8.94. The van der Waals surface area contributed by atoms with Gasteiger partial charge in [0, 0.05) is 4.90 Å². The maximum atomic E-state index is 8.86. The van der Waals surface area contributed by atoms with Gasteiger partial charge in [0.2, 0.25) is 0 Å². The molecule has 1 aromatic carbocycles. The molecule has 0 amide bonds. The van der Waals surface area contributed by atoms with Gasteiger partial charge in [0.15, 0.2) is 0 Å². The average molecular weight is 205 g/mol. The Kier molecular flexibility index (Phi) is 4.03. The molecular weight excluding hydrogens is 190 g/mol. The molecule has 2 heteroatoms. The van der Waals surface area contributed by atoms with Crippen molar-refractivity contribution in [1.29, 1.82) is 5.26 Å². The molecule has 1 nitrogen and oxygen atoms in total. The molecular formula is C12H15NS. The second-order valence-electron chi connectivity index (χ2n) is 3.41. The molecule has 1 unspecified atom stereocenters. The van der Waals surface area contributed by atoms with Crippen LogP contribution in [0.15, 0.2) is 23.1 Å². The largest absolute Gasteiger partial charge is 0.197 e. The monoisotopic (exact) mass is 205 g/mol. The highest BCUT2D eigenvalue weighted by atomic mass is 32.2. The zero-order valence-electron chi connectivity index (χ0n) is 8.87. The molecule has 0 spiro atoms. The predicted molar refractivity (Wildman–Crippen MR) is 61.5 cm³/mol. The lowest BCUT2D eigenvalue weighted by Crippen LogP contribution is -1.96. The van der Waals surface area contributed by atoms with E-state index in [0.29, 0.717) is 0 Å². The van der Waals surface area contributed by atoms with Gasteiger partial charge in [-0.25, -0.2) is 0 Å². The normalized spacial score (nSPS) is 12.1. The molecule has 1 atom stereocenters. The highest BCUT2D eigenvalue weighted by Crippen LogP contribution is 2.28. The Balaban J connectivity index is 2.82. The number of aryl methyl sites for hydroxylation is 2. The molecule has 0 aliphatic heterocycles. The smallest absolute Gasteiger partial charge is 0.0961 e. The van der Waals surface area contributed by atoms with Crippen LogP contribution in [0.25, 0.3) is 0 Å². The van der Waals surface area contributed by atoms with Crippen molar-refractivity contribution in [3.05, 3.63) is 29.3 Å². The molecule has 0 heterocycles. The predicted octanol–water partition coefficient (Wildman–Crippen LogP) is 3.70. The highest BCUT2D eigenvalue weighted by Gasteiger charge is 2.08. The molecule has 14 heavy (non-hydrogen) atoms. The van der Waals surface area contributed by atoms with E-state index in [4.69, 9.17) is 5.26 Å². The molecule has 0 radical (unpaired) electrons. The average Bonchev–Trinajstić information content (AvgIpc) is 2.17. The zero-order chi connectivity index (χ0) is 10.6. The third-order valence-corrected chi connectivity index (χ3v) is 3.55. The van der Waals surface area contributed by atoms with Crippen LogP contribution < -0.4 is 0 Å². The van der Waals surface area contributed by atoms with Gasteiger partial charge in [-0.15, -0.1) is 11.8 Å². The fourth-order valence-corrected chi connectivity index (χ4v) is 2.20. The summed E-state index contributed by atoms with van der Waals surface area (Å²) in [6.45, 7) is 6.23. The van der Waals surface area contributed by atoms with Crippen molar-refractivity contribution in [2.24, 2.45) is 0 Å². The number of benzene rings is 1. The minimum absolute atomic E-state index is 0.0800. The van der Waals surface area contributed by atoms with Crippen LogP contribution in [-0.2, 0) is 0 Å². The fourth-order valence-electron chi connectivity index (χ4n) is 1.29. The molecule has 0 N–H and O–H groups in total. The number of rotatable bonds is 3. The molecule has 0 aliphatic carbocycles. The van der Waals surface area contributed by atoms with E-state index in [-0.39, 0.29) is 5.25 Å². The van der Waals surface area contributed by atoms with Crippen molar-refractivity contribution in [1.82, 2.24) is 0 Å². The Labute approximate surface area is 90.1 Å². The van der Waals surface area contributed by atoms with Gasteiger partial charge in [-0.3, -0.25) is 0 Å². The van der Waals surface area contributed by atoms with Gasteiger partial charge in [0.05, 0.1) is 11.3 Å². The number of thioether (sulfide) groups is 1. The highest BCUT2D eigenvalue weighted by molar-refractivity contribution is 8.00. The van der Waals surface area contributed by atoms with Crippen LogP contribution in [0.1, 0.15) is 24.5 Å². The number of hydrogen-bond acceptors (Lipinski definition) is 2. The van der Waals surface area contributed by atoms with Gasteiger partial charge in [-0.2, -0.15) is 5.26 Å². The van der Waals surface area contributed by atoms with E-state index in [1.807, 2.05) is 6.92 Å². The summed E-state index contributed by atoms with van der Waals surface area (Å²) in [6.07, 6.45) is 0.897. The van der Waals surface area contributed by atoms with Crippen molar-refractivity contribution < 1.29 is 0 Å². The Morgan fingerprint density at radius 3 is 2.64 bits per heavy atom. The third kappa shape index (κ3) is 2.78. The van der Waals surface area contributed by atoms with Crippen molar-refractivity contribution in [3.63, 3.8) is 0 Å². The lowest BCUT2D eigenvalue weighted by atomic mass is 10.2. The SMILES string of the molecule is CCC(C#N)Sc1ccc(C)cc1C. The fraction of sp³-hybridized carbons (Fsp3) is 0.417. The van der Waals surface area contributed by atoms with Gasteiger partial charge >= 0.3 is 0 Å². The van der Waals surface area contributed by atoms with Crippen molar-refractivity contribution in [2.45, 2.75) is 37.3 Å². The first kappa shape index (κ1) is 11.1. The number of hydrogen-bond donors (Lipinski definition) is 0. The molecule has 1 rings (SSSR count). The molecule has 74 valence electrons. The quantitative estimate of drug-likeness (QED) is 0.702. The second kappa shape index (κ2) is 5.07. The second-order valence-corrected chi connectivity index (χ2v) is 4.66. The molecule has 0 aliphatic rings. The number of nitriles is 1. The van der Waals surface area contributed by atoms with Gasteiger partial charge < -0.3 is 0 Å². The van der Waals surface area contributed by atoms with E-state index < -0.39 is 0 Å². The van der Waals surface area contributed by atoms with Gasteiger partial charge in [-0.05, 0) is 31.9 Å². The van der Waals surface area contributed by atoms with Crippen LogP contribution in [0.2, 0.25) is 0 Å². The summed E-state index contributed by atoms with van der Waals surface area (Å²) < 4.78 is 0. The Morgan fingerprint density at radius 2 is 2.14 bits per heavy atom. The first-order chi connectivity index (χ1) is 6.67. The van der Waals surface area contributed by atoms with Crippen LogP contribution in [-0.4, -0.2) is 5.25 Å². The lowest BCUT2D eigenvalue weighted by molar-refractivity contribution is 0.983. The first-order valence-electron chi connectivity index (χ1n) is 4.81. The van der Waals surface area contributed by atoms with Gasteiger partial charge in [-0.1, -0.05) is 24.6 Å². The van der Waals surface area contributed by atoms with E-state index in [1.165, 1.54) is 16.0 Å². The van der Waals surface area contributed by atoms with Crippen LogP contribution in [0.5, 0.6) is 0 Å². The summed E-state index contributed by atoms with van der Waals surface area (Å²) in [5.74, 6) is 0. The standard InChI is InChI=1S/C12H15NS/c1-4-11(8-13)14-12-6-5-9(2)7-10(12)3/h5-7,11H,4H2,1-3H3. The van der Waals surface area contributed by atoms with Crippen LogP contribution in [0.4, 0.5) is 0 Å². The summed E-state index contributed by atoms with van der Waals surface area (Å²) >= 11 is 1.66. The first-order valence-corrected chi connectivity index (χ1v) is 5.69. The Bertz CT molecular complexity index is 352. The number of nitrogens with zero attached hydrogens (tertiary/aromatic N) is 1. The summed E-state index contributed by atoms with van der Waals surface area (Å²) in [7, 11) is 0. The summed E-state index contributed by atoms with van der Waals surface area (Å²) in [5.41, 5.74) is 2.54. The van der Waals surface area contributed by atoms with E-state index >= 15 is 0 Å². The minimum Gasteiger partial charge on any atom is -0.197 e. The molecule has 0 fully saturated rings. The topological polar surface area (TPSA) is 23.8 Å². The molecule has 0 saturated carbocycles. The third-order valence-electron chi connectivity index (χ3n) is 2.11.